The van der Waals surface area contributed by atoms with Gasteiger partial charge in [-0.3, -0.25) is 9.69 Å². The van der Waals surface area contributed by atoms with Crippen molar-refractivity contribution in [3.63, 3.8) is 0 Å². The first kappa shape index (κ1) is 39.9. The number of nitrogens with zero attached hydrogens (tertiary/aromatic N) is 2. The van der Waals surface area contributed by atoms with Gasteiger partial charge >= 0.3 is 5.97 Å². The summed E-state index contributed by atoms with van der Waals surface area (Å²) in [5, 5.41) is 11.5. The van der Waals surface area contributed by atoms with Gasteiger partial charge in [0.05, 0.1) is 39.5 Å². The Morgan fingerprint density at radius 2 is 1.65 bits per heavy atom. The summed E-state index contributed by atoms with van der Waals surface area (Å²) < 4.78 is 29.1. The third kappa shape index (κ3) is 11.1. The highest BCUT2D eigenvalue weighted by molar-refractivity contribution is 5.86. The molecule has 2 aromatic rings. The van der Waals surface area contributed by atoms with Crippen LogP contribution in [0.15, 0.2) is 42.5 Å². The number of benzene rings is 2. The molecule has 0 radical (unpaired) electrons. The number of carbonyl (C=O) groups excluding carboxylic acids is 2. The van der Waals surface area contributed by atoms with Crippen LogP contribution in [0.3, 0.4) is 0 Å². The Hall–Kier alpha value is -3.34. The quantitative estimate of drug-likeness (QED) is 0.181. The summed E-state index contributed by atoms with van der Waals surface area (Å²) in [4.78, 5) is 32.9. The standard InChI is InChI=1S/C42H62N2O8/c1-30(2)27-36(45)40(32-11-6-5-7-12-32)41(46)44-20-9-8-15-35(44)42(47)52-37(18-16-31-17-19-38(48-3)39(28-31)49-4)33-13-10-14-34(29-33)51-26-23-43-21-24-50-25-22-43/h10,13-14,17,19,28-30,32,35-37,40,45H,5-9,11-12,15-16,18,20-27H2,1-4H3/t35-,36?,37?,40?/m1/s1. The van der Waals surface area contributed by atoms with Crippen LogP contribution in [0.4, 0.5) is 0 Å². The molecule has 2 aliphatic heterocycles. The molecule has 3 unspecified atom stereocenters. The van der Waals surface area contributed by atoms with E-state index in [1.807, 2.05) is 42.5 Å². The van der Waals surface area contributed by atoms with Gasteiger partial charge in [0.15, 0.2) is 11.5 Å². The normalized spacial score (nSPS) is 20.6. The third-order valence-corrected chi connectivity index (χ3v) is 11.0. The van der Waals surface area contributed by atoms with E-state index in [4.69, 9.17) is 23.7 Å². The van der Waals surface area contributed by atoms with E-state index >= 15 is 0 Å². The molecule has 52 heavy (non-hydrogen) atoms. The van der Waals surface area contributed by atoms with Gasteiger partial charge < -0.3 is 33.7 Å². The molecular formula is C42H62N2O8. The zero-order valence-corrected chi connectivity index (χ0v) is 31.9. The Morgan fingerprint density at radius 1 is 0.904 bits per heavy atom. The molecule has 10 heteroatoms. The van der Waals surface area contributed by atoms with E-state index in [0.717, 1.165) is 88.2 Å². The molecule has 5 rings (SSSR count). The van der Waals surface area contributed by atoms with Crippen LogP contribution in [-0.4, -0.2) is 99.1 Å². The van der Waals surface area contributed by atoms with E-state index in [0.29, 0.717) is 50.3 Å². The fourth-order valence-corrected chi connectivity index (χ4v) is 8.20. The molecule has 2 saturated heterocycles. The van der Waals surface area contributed by atoms with Crippen LogP contribution in [0.25, 0.3) is 0 Å². The van der Waals surface area contributed by atoms with Crippen molar-refractivity contribution in [3.05, 3.63) is 53.6 Å². The second kappa shape index (κ2) is 20.2. The Kier molecular flexibility index (Phi) is 15.5. The van der Waals surface area contributed by atoms with Gasteiger partial charge in [0.1, 0.15) is 24.5 Å². The Balaban J connectivity index is 1.35. The number of carbonyl (C=O) groups is 2. The van der Waals surface area contributed by atoms with Crippen LogP contribution in [0.2, 0.25) is 0 Å². The first-order valence-corrected chi connectivity index (χ1v) is 19.7. The highest BCUT2D eigenvalue weighted by Gasteiger charge is 2.43. The molecule has 288 valence electrons. The zero-order valence-electron chi connectivity index (χ0n) is 31.9. The number of ether oxygens (including phenoxy) is 5. The number of rotatable bonds is 17. The topological polar surface area (TPSA) is 107 Å². The summed E-state index contributed by atoms with van der Waals surface area (Å²) >= 11 is 0. The van der Waals surface area contributed by atoms with Gasteiger partial charge in [0.25, 0.3) is 0 Å². The molecule has 0 bridgehead atoms. The van der Waals surface area contributed by atoms with Crippen molar-refractivity contribution in [3.8, 4) is 17.2 Å². The van der Waals surface area contributed by atoms with Gasteiger partial charge in [0, 0.05) is 26.2 Å². The Morgan fingerprint density at radius 3 is 2.38 bits per heavy atom. The summed E-state index contributed by atoms with van der Waals surface area (Å²) in [5.41, 5.74) is 1.87. The molecule has 3 aliphatic rings. The number of morpholine rings is 1. The van der Waals surface area contributed by atoms with Gasteiger partial charge in [-0.15, -0.1) is 0 Å². The second-order valence-electron chi connectivity index (χ2n) is 15.2. The number of esters is 1. The SMILES string of the molecule is COc1ccc(CCC(OC(=O)[C@H]2CCCCN2C(=O)C(C(O)CC(C)C)C2CCCCC2)c2cccc(OCCN3CCOCC3)c2)cc1OC. The predicted molar refractivity (Wildman–Crippen MR) is 201 cm³/mol. The lowest BCUT2D eigenvalue weighted by Crippen LogP contribution is -2.54. The number of amides is 1. The third-order valence-electron chi connectivity index (χ3n) is 11.0. The highest BCUT2D eigenvalue weighted by Crippen LogP contribution is 2.37. The van der Waals surface area contributed by atoms with E-state index in [1.165, 1.54) is 6.42 Å². The molecule has 0 aromatic heterocycles. The van der Waals surface area contributed by atoms with E-state index in [9.17, 15) is 14.7 Å². The van der Waals surface area contributed by atoms with Crippen molar-refractivity contribution in [2.75, 3.05) is 60.2 Å². The monoisotopic (exact) mass is 722 g/mol. The number of aryl methyl sites for hydroxylation is 1. The fraction of sp³-hybridized carbons (Fsp3) is 0.667. The molecule has 0 spiro atoms. The molecule has 3 fully saturated rings. The molecule has 10 nitrogen and oxygen atoms in total. The number of hydrogen-bond acceptors (Lipinski definition) is 9. The number of likely N-dealkylation sites (tertiary alicyclic amines) is 1. The summed E-state index contributed by atoms with van der Waals surface area (Å²) in [6.07, 6.45) is 7.85. The highest BCUT2D eigenvalue weighted by atomic mass is 16.5. The maximum atomic E-state index is 14.5. The minimum Gasteiger partial charge on any atom is -0.493 e. The number of aliphatic hydroxyl groups excluding tert-OH is 1. The molecule has 1 aliphatic carbocycles. The molecule has 2 heterocycles. The lowest BCUT2D eigenvalue weighted by atomic mass is 9.75. The first-order chi connectivity index (χ1) is 25.3. The van der Waals surface area contributed by atoms with E-state index in [2.05, 4.69) is 18.7 Å². The maximum Gasteiger partial charge on any atom is 0.329 e. The van der Waals surface area contributed by atoms with Crippen molar-refractivity contribution < 1.29 is 38.4 Å². The lowest BCUT2D eigenvalue weighted by molar-refractivity contribution is -0.165. The van der Waals surface area contributed by atoms with Crippen LogP contribution in [0, 0.1) is 17.8 Å². The summed E-state index contributed by atoms with van der Waals surface area (Å²) in [7, 11) is 3.24. The first-order valence-electron chi connectivity index (χ1n) is 19.7. The predicted octanol–water partition coefficient (Wildman–Crippen LogP) is 6.62. The van der Waals surface area contributed by atoms with Crippen molar-refractivity contribution in [2.45, 2.75) is 103 Å². The van der Waals surface area contributed by atoms with Gasteiger partial charge in [0.2, 0.25) is 5.91 Å². The maximum absolute atomic E-state index is 14.5. The largest absolute Gasteiger partial charge is 0.493 e. The zero-order chi connectivity index (χ0) is 36.9. The fourth-order valence-electron chi connectivity index (χ4n) is 8.20. The van der Waals surface area contributed by atoms with E-state index in [1.54, 1.807) is 19.1 Å². The van der Waals surface area contributed by atoms with Crippen LogP contribution in [0.1, 0.15) is 95.3 Å². The molecular weight excluding hydrogens is 660 g/mol. The number of aliphatic hydroxyl groups is 1. The van der Waals surface area contributed by atoms with Crippen LogP contribution >= 0.6 is 0 Å². The molecule has 1 amide bonds. The summed E-state index contributed by atoms with van der Waals surface area (Å²) in [6, 6.07) is 13.0. The molecule has 4 atom stereocenters. The molecule has 1 saturated carbocycles. The van der Waals surface area contributed by atoms with Crippen LogP contribution in [0.5, 0.6) is 17.2 Å². The van der Waals surface area contributed by atoms with Crippen LogP contribution < -0.4 is 14.2 Å². The minimum absolute atomic E-state index is 0.0840. The van der Waals surface area contributed by atoms with E-state index in [-0.39, 0.29) is 23.7 Å². The lowest BCUT2D eigenvalue weighted by Gasteiger charge is -2.41. The average Bonchev–Trinajstić information content (AvgIpc) is 3.17. The Labute approximate surface area is 311 Å². The van der Waals surface area contributed by atoms with Crippen molar-refractivity contribution in [1.29, 1.82) is 0 Å². The average molecular weight is 723 g/mol. The van der Waals surface area contributed by atoms with Gasteiger partial charge in [-0.1, -0.05) is 51.3 Å². The van der Waals surface area contributed by atoms with Crippen molar-refractivity contribution >= 4 is 11.9 Å². The van der Waals surface area contributed by atoms with Gasteiger partial charge in [-0.2, -0.15) is 0 Å². The van der Waals surface area contributed by atoms with Gasteiger partial charge in [-0.05, 0) is 98.6 Å². The van der Waals surface area contributed by atoms with Crippen molar-refractivity contribution in [1.82, 2.24) is 9.80 Å². The summed E-state index contributed by atoms with van der Waals surface area (Å²) in [5.74, 6) is 1.46. The van der Waals surface area contributed by atoms with Crippen molar-refractivity contribution in [2.24, 2.45) is 17.8 Å². The number of piperidine rings is 1. The van der Waals surface area contributed by atoms with Crippen LogP contribution in [-0.2, 0) is 25.5 Å². The minimum atomic E-state index is -0.727. The second-order valence-corrected chi connectivity index (χ2v) is 15.2. The smallest absolute Gasteiger partial charge is 0.329 e. The number of hydrogen-bond donors (Lipinski definition) is 1. The summed E-state index contributed by atoms with van der Waals surface area (Å²) in [6.45, 7) is 9.30. The van der Waals surface area contributed by atoms with E-state index < -0.39 is 24.2 Å². The Bertz CT molecular complexity index is 1410. The molecule has 1 N–H and O–H groups in total. The van der Waals surface area contributed by atoms with Gasteiger partial charge in [-0.25, -0.2) is 4.79 Å². The number of methoxy groups -OCH3 is 2. The molecule has 2 aromatic carbocycles.